The van der Waals surface area contributed by atoms with Crippen molar-refractivity contribution in [2.45, 2.75) is 43.8 Å². The van der Waals surface area contributed by atoms with E-state index in [0.29, 0.717) is 4.90 Å². The number of phenols is 1. The highest BCUT2D eigenvalue weighted by Gasteiger charge is 2.38. The van der Waals surface area contributed by atoms with Crippen LogP contribution in [0.1, 0.15) is 20.8 Å². The van der Waals surface area contributed by atoms with E-state index in [0.717, 1.165) is 5.75 Å². The smallest absolute Gasteiger partial charge is 0.250 e. The van der Waals surface area contributed by atoms with Gasteiger partial charge in [0.2, 0.25) is 8.32 Å². The number of rotatable bonds is 2. The molecule has 16 heavy (non-hydrogen) atoms. The molecule has 4 heteroatoms. The summed E-state index contributed by atoms with van der Waals surface area (Å²) in [6, 6.07) is 5.17. The summed E-state index contributed by atoms with van der Waals surface area (Å²) in [5.41, 5.74) is 0. The van der Waals surface area contributed by atoms with Crippen molar-refractivity contribution < 1.29 is 9.53 Å². The molecule has 0 spiro atoms. The molecule has 0 atom stereocenters. The Balaban J connectivity index is 2.93. The molecule has 2 nitrogen and oxygen atoms in total. The zero-order chi connectivity index (χ0) is 12.6. The van der Waals surface area contributed by atoms with Crippen molar-refractivity contribution in [3.8, 4) is 11.5 Å². The van der Waals surface area contributed by atoms with E-state index < -0.39 is 8.32 Å². The van der Waals surface area contributed by atoms with E-state index in [1.165, 1.54) is 0 Å². The molecule has 0 aromatic heterocycles. The molecule has 90 valence electrons. The molecule has 0 amide bonds. The van der Waals surface area contributed by atoms with Crippen molar-refractivity contribution >= 4 is 20.9 Å². The Labute approximate surface area is 104 Å². The Morgan fingerprint density at radius 2 is 1.81 bits per heavy atom. The van der Waals surface area contributed by atoms with Gasteiger partial charge in [0.1, 0.15) is 11.5 Å². The van der Waals surface area contributed by atoms with Gasteiger partial charge in [-0.25, -0.2) is 0 Å². The lowest BCUT2D eigenvalue weighted by Gasteiger charge is -2.36. The molecule has 0 saturated carbocycles. The molecule has 1 rings (SSSR count). The molecule has 1 N–H and O–H groups in total. The molecule has 0 unspecified atom stereocenters. The summed E-state index contributed by atoms with van der Waals surface area (Å²) < 4.78 is 6.08. The van der Waals surface area contributed by atoms with Crippen LogP contribution in [0.25, 0.3) is 0 Å². The number of aromatic hydroxyl groups is 1. The Kier molecular flexibility index (Phi) is 3.64. The monoisotopic (exact) mass is 256 g/mol. The quantitative estimate of drug-likeness (QED) is 0.617. The van der Waals surface area contributed by atoms with Crippen molar-refractivity contribution in [1.82, 2.24) is 0 Å². The minimum absolute atomic E-state index is 0.168. The molecule has 0 aliphatic heterocycles. The molecule has 0 aliphatic carbocycles. The van der Waals surface area contributed by atoms with Crippen LogP contribution < -0.4 is 4.43 Å². The van der Waals surface area contributed by atoms with Gasteiger partial charge in [-0.15, -0.1) is 12.6 Å². The van der Waals surface area contributed by atoms with Crippen molar-refractivity contribution in [2.75, 3.05) is 0 Å². The first-order chi connectivity index (χ1) is 7.13. The summed E-state index contributed by atoms with van der Waals surface area (Å²) in [7, 11) is -1.80. The molecule has 0 saturated heterocycles. The van der Waals surface area contributed by atoms with Crippen LogP contribution in [0.3, 0.4) is 0 Å². The molecule has 0 bridgehead atoms. The van der Waals surface area contributed by atoms with Crippen LogP contribution in [-0.2, 0) is 0 Å². The van der Waals surface area contributed by atoms with Gasteiger partial charge in [0.05, 0.1) is 0 Å². The lowest BCUT2D eigenvalue weighted by molar-refractivity contribution is 0.456. The first kappa shape index (κ1) is 13.5. The van der Waals surface area contributed by atoms with Crippen molar-refractivity contribution in [2.24, 2.45) is 0 Å². The van der Waals surface area contributed by atoms with Crippen molar-refractivity contribution in [3.63, 3.8) is 0 Å². The Hall–Kier alpha value is -0.613. The average molecular weight is 256 g/mol. The molecular weight excluding hydrogens is 236 g/mol. The van der Waals surface area contributed by atoms with Crippen LogP contribution in [0, 0.1) is 0 Å². The maximum absolute atomic E-state index is 9.38. The third kappa shape index (κ3) is 2.95. The maximum atomic E-state index is 9.38. The van der Waals surface area contributed by atoms with E-state index in [2.05, 4.69) is 46.5 Å². The van der Waals surface area contributed by atoms with Gasteiger partial charge in [-0.2, -0.15) is 0 Å². The van der Waals surface area contributed by atoms with Crippen LogP contribution >= 0.6 is 12.6 Å². The number of phenolic OH excluding ortho intramolecular Hbond substituents is 1. The van der Waals surface area contributed by atoms with E-state index in [1.54, 1.807) is 18.2 Å². The SMILES string of the molecule is CC(C)(C)[Si](C)(C)Oc1ccc(O)c(S)c1. The topological polar surface area (TPSA) is 29.5 Å². The van der Waals surface area contributed by atoms with Gasteiger partial charge in [-0.3, -0.25) is 0 Å². The normalized spacial score (nSPS) is 12.6. The third-order valence-corrected chi connectivity index (χ3v) is 7.84. The van der Waals surface area contributed by atoms with Gasteiger partial charge in [-0.1, -0.05) is 20.8 Å². The molecule has 0 heterocycles. The Morgan fingerprint density at radius 1 is 1.25 bits per heavy atom. The fraction of sp³-hybridized carbons (Fsp3) is 0.500. The summed E-state index contributed by atoms with van der Waals surface area (Å²) >= 11 is 4.18. The van der Waals surface area contributed by atoms with Crippen LogP contribution in [0.2, 0.25) is 18.1 Å². The van der Waals surface area contributed by atoms with E-state index in [1.807, 2.05) is 0 Å². The van der Waals surface area contributed by atoms with Crippen LogP contribution in [-0.4, -0.2) is 13.4 Å². The lowest BCUT2D eigenvalue weighted by Crippen LogP contribution is -2.43. The van der Waals surface area contributed by atoms with Crippen LogP contribution in [0.5, 0.6) is 11.5 Å². The second-order valence-electron chi connectivity index (χ2n) is 5.51. The summed E-state index contributed by atoms with van der Waals surface area (Å²) in [5, 5.41) is 9.55. The highest BCUT2D eigenvalue weighted by Crippen LogP contribution is 2.38. The van der Waals surface area contributed by atoms with Crippen molar-refractivity contribution in [1.29, 1.82) is 0 Å². The minimum Gasteiger partial charge on any atom is -0.543 e. The number of thiol groups is 1. The summed E-state index contributed by atoms with van der Waals surface area (Å²) in [5.74, 6) is 0.973. The first-order valence-corrected chi connectivity index (χ1v) is 8.70. The van der Waals surface area contributed by atoms with Crippen molar-refractivity contribution in [3.05, 3.63) is 18.2 Å². The highest BCUT2D eigenvalue weighted by atomic mass is 32.1. The molecule has 1 aromatic rings. The molecule has 0 radical (unpaired) electrons. The predicted octanol–water partition coefficient (Wildman–Crippen LogP) is 4.06. The zero-order valence-corrected chi connectivity index (χ0v) is 12.4. The number of hydrogen-bond donors (Lipinski definition) is 2. The van der Waals surface area contributed by atoms with Gasteiger partial charge in [0, 0.05) is 4.90 Å². The van der Waals surface area contributed by atoms with Crippen LogP contribution in [0.4, 0.5) is 0 Å². The van der Waals surface area contributed by atoms with Gasteiger partial charge in [0.15, 0.2) is 0 Å². The highest BCUT2D eigenvalue weighted by molar-refractivity contribution is 7.80. The van der Waals surface area contributed by atoms with Crippen LogP contribution in [0.15, 0.2) is 23.1 Å². The number of benzene rings is 1. The second-order valence-corrected chi connectivity index (χ2v) is 10.7. The average Bonchev–Trinajstić information content (AvgIpc) is 2.09. The third-order valence-electron chi connectivity index (χ3n) is 3.13. The summed E-state index contributed by atoms with van der Waals surface area (Å²) in [4.78, 5) is 0.552. The van der Waals surface area contributed by atoms with E-state index in [4.69, 9.17) is 4.43 Å². The summed E-state index contributed by atoms with van der Waals surface area (Å²) in [6.07, 6.45) is 0. The molecule has 0 aliphatic rings. The molecular formula is C12H20O2SSi. The standard InChI is InChI=1S/C12H20O2SSi/c1-12(2,3)16(4,5)14-9-6-7-10(13)11(15)8-9/h6-8,13,15H,1-5H3. The number of hydrogen-bond acceptors (Lipinski definition) is 3. The zero-order valence-electron chi connectivity index (χ0n) is 10.5. The van der Waals surface area contributed by atoms with Gasteiger partial charge < -0.3 is 9.53 Å². The Bertz CT molecular complexity index is 383. The maximum Gasteiger partial charge on any atom is 0.250 e. The largest absolute Gasteiger partial charge is 0.543 e. The van der Waals surface area contributed by atoms with E-state index in [9.17, 15) is 5.11 Å². The second kappa shape index (κ2) is 4.34. The fourth-order valence-corrected chi connectivity index (χ4v) is 2.24. The predicted molar refractivity (Wildman–Crippen MR) is 73.2 cm³/mol. The molecule has 1 aromatic carbocycles. The van der Waals surface area contributed by atoms with E-state index >= 15 is 0 Å². The minimum atomic E-state index is -1.80. The van der Waals surface area contributed by atoms with Gasteiger partial charge in [0.25, 0.3) is 0 Å². The fourth-order valence-electron chi connectivity index (χ4n) is 1.01. The van der Waals surface area contributed by atoms with Gasteiger partial charge in [-0.05, 0) is 36.3 Å². The van der Waals surface area contributed by atoms with E-state index in [-0.39, 0.29) is 10.8 Å². The Morgan fingerprint density at radius 3 is 2.25 bits per heavy atom. The lowest BCUT2D eigenvalue weighted by atomic mass is 10.2. The van der Waals surface area contributed by atoms with Gasteiger partial charge >= 0.3 is 0 Å². The summed E-state index contributed by atoms with van der Waals surface area (Å²) in [6.45, 7) is 11.0. The first-order valence-electron chi connectivity index (χ1n) is 5.34. The molecule has 0 fully saturated rings.